The van der Waals surface area contributed by atoms with E-state index < -0.39 is 0 Å². The maximum atomic E-state index is 13.2. The van der Waals surface area contributed by atoms with Crippen LogP contribution in [0.2, 0.25) is 0 Å². The highest BCUT2D eigenvalue weighted by Crippen LogP contribution is 2.42. The minimum Gasteiger partial charge on any atom is -0.391 e. The molecule has 1 saturated carbocycles. The third-order valence-electron chi connectivity index (χ3n) is 7.12. The summed E-state index contributed by atoms with van der Waals surface area (Å²) in [7, 11) is 0. The first-order valence-electron chi connectivity index (χ1n) is 11.1. The number of fused-ring (bicyclic) bond motifs is 1. The topological polar surface area (TPSA) is 73.6 Å². The summed E-state index contributed by atoms with van der Waals surface area (Å²) >= 11 is 0. The number of aliphatic hydroxyl groups excluding tert-OH is 1. The summed E-state index contributed by atoms with van der Waals surface area (Å²) in [5, 5.41) is 18.7. The number of aromatic nitrogens is 2. The monoisotopic (exact) mass is 387 g/mol. The summed E-state index contributed by atoms with van der Waals surface area (Å²) < 4.78 is 2.15. The number of nitrogens with zero attached hydrogens (tertiary/aromatic N) is 4. The summed E-state index contributed by atoms with van der Waals surface area (Å²) in [6, 6.07) is 2.23. The van der Waals surface area contributed by atoms with E-state index in [-0.39, 0.29) is 11.5 Å². The summed E-state index contributed by atoms with van der Waals surface area (Å²) in [6.07, 6.45) is 5.61. The van der Waals surface area contributed by atoms with Crippen LogP contribution in [0.25, 0.3) is 0 Å². The molecule has 3 aliphatic heterocycles. The van der Waals surface area contributed by atoms with E-state index in [1.807, 2.05) is 4.90 Å². The Bertz CT molecular complexity index is 695. The van der Waals surface area contributed by atoms with Gasteiger partial charge in [0, 0.05) is 32.7 Å². The Kier molecular flexibility index (Phi) is 4.93. The van der Waals surface area contributed by atoms with Crippen LogP contribution in [0.4, 0.5) is 0 Å². The molecule has 5 rings (SSSR count). The van der Waals surface area contributed by atoms with Crippen LogP contribution in [0.15, 0.2) is 6.07 Å². The second-order valence-electron chi connectivity index (χ2n) is 9.45. The van der Waals surface area contributed by atoms with Gasteiger partial charge in [0.05, 0.1) is 22.9 Å². The van der Waals surface area contributed by atoms with Crippen LogP contribution in [-0.4, -0.2) is 69.4 Å². The van der Waals surface area contributed by atoms with E-state index in [1.54, 1.807) is 0 Å². The zero-order chi connectivity index (χ0) is 19.1. The van der Waals surface area contributed by atoms with Gasteiger partial charge in [-0.25, -0.2) is 0 Å². The number of carbonyl (C=O) groups excluding carboxylic acids is 1. The predicted molar refractivity (Wildman–Crippen MR) is 105 cm³/mol. The van der Waals surface area contributed by atoms with E-state index in [0.717, 1.165) is 70.8 Å². The molecule has 154 valence electrons. The first-order chi connectivity index (χ1) is 13.6. The quantitative estimate of drug-likeness (QED) is 0.805. The molecule has 0 bridgehead atoms. The van der Waals surface area contributed by atoms with Gasteiger partial charge >= 0.3 is 0 Å². The second kappa shape index (κ2) is 7.43. The standard InChI is InChI=1S/C21H33N5O2/c27-19-11-21(20(28)25(15-19)13-16-2-3-16)4-8-24(9-5-21)14-17-10-18-12-22-6-1-7-26(18)23-17/h10,16,19,22,27H,1-9,11-15H2. The maximum Gasteiger partial charge on any atom is 0.229 e. The van der Waals surface area contributed by atoms with Gasteiger partial charge in [-0.1, -0.05) is 0 Å². The van der Waals surface area contributed by atoms with Crippen LogP contribution in [0, 0.1) is 11.3 Å². The van der Waals surface area contributed by atoms with Crippen molar-refractivity contribution in [2.45, 2.75) is 64.3 Å². The first kappa shape index (κ1) is 18.6. The van der Waals surface area contributed by atoms with Gasteiger partial charge in [-0.3, -0.25) is 14.4 Å². The Morgan fingerprint density at radius 3 is 2.86 bits per heavy atom. The van der Waals surface area contributed by atoms with Crippen molar-refractivity contribution < 1.29 is 9.90 Å². The molecule has 1 aliphatic carbocycles. The number of carbonyl (C=O) groups is 1. The molecule has 4 aliphatic rings. The molecule has 0 radical (unpaired) electrons. The van der Waals surface area contributed by atoms with Gasteiger partial charge in [0.2, 0.25) is 5.91 Å². The highest BCUT2D eigenvalue weighted by atomic mass is 16.3. The van der Waals surface area contributed by atoms with Crippen molar-refractivity contribution in [3.8, 4) is 0 Å². The van der Waals surface area contributed by atoms with Gasteiger partial charge in [-0.15, -0.1) is 0 Å². The van der Waals surface area contributed by atoms with E-state index in [2.05, 4.69) is 21.0 Å². The van der Waals surface area contributed by atoms with Crippen LogP contribution in [0.1, 0.15) is 49.9 Å². The van der Waals surface area contributed by atoms with E-state index in [4.69, 9.17) is 5.10 Å². The molecule has 7 nitrogen and oxygen atoms in total. The van der Waals surface area contributed by atoms with Crippen LogP contribution in [0.3, 0.4) is 0 Å². The number of likely N-dealkylation sites (tertiary alicyclic amines) is 2. The fraction of sp³-hybridized carbons (Fsp3) is 0.810. The molecule has 4 heterocycles. The Labute approximate surface area is 167 Å². The summed E-state index contributed by atoms with van der Waals surface area (Å²) in [4.78, 5) is 17.6. The molecule has 1 spiro atoms. The highest BCUT2D eigenvalue weighted by molar-refractivity contribution is 5.84. The summed E-state index contributed by atoms with van der Waals surface area (Å²) in [5.74, 6) is 0.987. The largest absolute Gasteiger partial charge is 0.391 e. The molecule has 2 N–H and O–H groups in total. The first-order valence-corrected chi connectivity index (χ1v) is 11.1. The van der Waals surface area contributed by atoms with Crippen molar-refractivity contribution in [1.29, 1.82) is 0 Å². The zero-order valence-electron chi connectivity index (χ0n) is 16.8. The average Bonchev–Trinajstić information content (AvgIpc) is 3.45. The van der Waals surface area contributed by atoms with Gasteiger partial charge in [0.1, 0.15) is 0 Å². The summed E-state index contributed by atoms with van der Waals surface area (Å²) in [6.45, 7) is 7.04. The van der Waals surface area contributed by atoms with Crippen LogP contribution in [0.5, 0.6) is 0 Å². The Balaban J connectivity index is 1.21. The lowest BCUT2D eigenvalue weighted by Gasteiger charge is -2.48. The molecule has 3 fully saturated rings. The normalized spacial score (nSPS) is 28.4. The van der Waals surface area contributed by atoms with E-state index in [0.29, 0.717) is 24.8 Å². The number of hydrogen-bond donors (Lipinski definition) is 2. The Morgan fingerprint density at radius 2 is 2.07 bits per heavy atom. The van der Waals surface area contributed by atoms with Gasteiger partial charge < -0.3 is 15.3 Å². The lowest BCUT2D eigenvalue weighted by Crippen LogP contribution is -2.57. The Hall–Kier alpha value is -1.44. The van der Waals surface area contributed by atoms with Crippen molar-refractivity contribution in [3.63, 3.8) is 0 Å². The van der Waals surface area contributed by atoms with Crippen LogP contribution in [-0.2, 0) is 24.4 Å². The number of aliphatic hydroxyl groups is 1. The van der Waals surface area contributed by atoms with Crippen LogP contribution >= 0.6 is 0 Å². The van der Waals surface area contributed by atoms with Crippen LogP contribution < -0.4 is 5.32 Å². The van der Waals surface area contributed by atoms with E-state index in [1.165, 1.54) is 18.5 Å². The zero-order valence-corrected chi connectivity index (χ0v) is 16.8. The Morgan fingerprint density at radius 1 is 1.25 bits per heavy atom. The minimum absolute atomic E-state index is 0.309. The molecule has 1 atom stereocenters. The maximum absolute atomic E-state index is 13.2. The van der Waals surface area contributed by atoms with E-state index >= 15 is 0 Å². The highest BCUT2D eigenvalue weighted by Gasteiger charge is 2.49. The minimum atomic E-state index is -0.362. The smallest absolute Gasteiger partial charge is 0.229 e. The number of rotatable bonds is 4. The van der Waals surface area contributed by atoms with Crippen molar-refractivity contribution in [2.24, 2.45) is 11.3 Å². The average molecular weight is 388 g/mol. The van der Waals surface area contributed by atoms with E-state index in [9.17, 15) is 9.90 Å². The van der Waals surface area contributed by atoms with Gasteiger partial charge in [-0.05, 0) is 70.1 Å². The lowest BCUT2D eigenvalue weighted by atomic mass is 9.70. The molecule has 1 aromatic rings. The molecule has 0 aromatic carbocycles. The van der Waals surface area contributed by atoms with Gasteiger partial charge in [0.15, 0.2) is 0 Å². The molecule has 7 heteroatoms. The molecule has 1 aromatic heterocycles. The molecule has 28 heavy (non-hydrogen) atoms. The van der Waals surface area contributed by atoms with Crippen molar-refractivity contribution >= 4 is 5.91 Å². The number of β-amino-alcohol motifs (C(OH)–C–C–N with tert-alkyl or cyclic N) is 1. The molecule has 2 saturated heterocycles. The van der Waals surface area contributed by atoms with Gasteiger partial charge in [0.25, 0.3) is 0 Å². The van der Waals surface area contributed by atoms with Gasteiger partial charge in [-0.2, -0.15) is 5.10 Å². The lowest BCUT2D eigenvalue weighted by molar-refractivity contribution is -0.157. The SMILES string of the molecule is O=C1N(CC2CC2)CC(O)CC12CCN(Cc1cc3n(n1)CCCNC3)CC2. The van der Waals surface area contributed by atoms with Crippen molar-refractivity contribution in [2.75, 3.05) is 32.7 Å². The predicted octanol–water partition coefficient (Wildman–Crippen LogP) is 0.962. The fourth-order valence-corrected chi connectivity index (χ4v) is 5.33. The third kappa shape index (κ3) is 3.72. The number of hydrogen-bond acceptors (Lipinski definition) is 5. The summed E-state index contributed by atoms with van der Waals surface area (Å²) in [5.41, 5.74) is 2.08. The fourth-order valence-electron chi connectivity index (χ4n) is 5.33. The molecular weight excluding hydrogens is 354 g/mol. The molecule has 1 amide bonds. The third-order valence-corrected chi connectivity index (χ3v) is 7.12. The number of nitrogens with one attached hydrogen (secondary N) is 1. The van der Waals surface area contributed by atoms with Crippen molar-refractivity contribution in [3.05, 3.63) is 17.5 Å². The number of piperidine rings is 2. The molecule has 1 unspecified atom stereocenters. The number of amides is 1. The second-order valence-corrected chi connectivity index (χ2v) is 9.45. The molecular formula is C21H33N5O2. The number of aryl methyl sites for hydroxylation is 1. The van der Waals surface area contributed by atoms with Crippen molar-refractivity contribution in [1.82, 2.24) is 24.9 Å².